The van der Waals surface area contributed by atoms with Gasteiger partial charge in [-0.1, -0.05) is 6.92 Å². The van der Waals surface area contributed by atoms with Crippen molar-refractivity contribution in [3.05, 3.63) is 23.8 Å². The zero-order valence-corrected chi connectivity index (χ0v) is 14.7. The molecule has 6 heteroatoms. The lowest BCUT2D eigenvalue weighted by Crippen LogP contribution is -2.50. The predicted octanol–water partition coefficient (Wildman–Crippen LogP) is 2.18. The third kappa shape index (κ3) is 4.40. The quantitative estimate of drug-likeness (QED) is 0.800. The molecule has 1 saturated heterocycles. The third-order valence-electron chi connectivity index (χ3n) is 3.96. The molecule has 1 heterocycles. The van der Waals surface area contributed by atoms with Crippen LogP contribution in [0.5, 0.6) is 11.5 Å². The molecule has 1 aliphatic heterocycles. The standard InChI is InChI=1S/C18H26N2O4/c1-4-12-24-16-7-6-15(13-17(16)23-5-2)18(22)20-10-8-19(9-11-20)14(3)21/h6-7,13H,4-5,8-12H2,1-3H3. The van der Waals surface area contributed by atoms with Gasteiger partial charge < -0.3 is 19.3 Å². The lowest BCUT2D eigenvalue weighted by atomic mass is 10.1. The molecule has 24 heavy (non-hydrogen) atoms. The molecular weight excluding hydrogens is 308 g/mol. The number of rotatable bonds is 6. The molecular formula is C18H26N2O4. The van der Waals surface area contributed by atoms with E-state index in [0.717, 1.165) is 6.42 Å². The van der Waals surface area contributed by atoms with Gasteiger partial charge in [-0.15, -0.1) is 0 Å². The molecule has 2 rings (SSSR count). The average Bonchev–Trinajstić information content (AvgIpc) is 2.60. The Hall–Kier alpha value is -2.24. The predicted molar refractivity (Wildman–Crippen MR) is 91.6 cm³/mol. The Kier molecular flexibility index (Phi) is 6.46. The maximum atomic E-state index is 12.7. The lowest BCUT2D eigenvalue weighted by molar-refractivity contribution is -0.130. The minimum atomic E-state index is -0.0406. The van der Waals surface area contributed by atoms with Crippen molar-refractivity contribution in [2.75, 3.05) is 39.4 Å². The van der Waals surface area contributed by atoms with Crippen LogP contribution in [0.4, 0.5) is 0 Å². The van der Waals surface area contributed by atoms with Gasteiger partial charge in [-0.2, -0.15) is 0 Å². The Bertz CT molecular complexity index is 580. The van der Waals surface area contributed by atoms with E-state index in [1.165, 1.54) is 0 Å². The van der Waals surface area contributed by atoms with Gasteiger partial charge in [-0.3, -0.25) is 9.59 Å². The summed E-state index contributed by atoms with van der Waals surface area (Å²) in [5, 5.41) is 0. The zero-order valence-electron chi connectivity index (χ0n) is 14.7. The van der Waals surface area contributed by atoms with E-state index in [0.29, 0.717) is 56.5 Å². The highest BCUT2D eigenvalue weighted by Gasteiger charge is 2.24. The molecule has 0 aliphatic carbocycles. The molecule has 0 bridgehead atoms. The van der Waals surface area contributed by atoms with Gasteiger partial charge >= 0.3 is 0 Å². The monoisotopic (exact) mass is 334 g/mol. The van der Waals surface area contributed by atoms with Gasteiger partial charge in [-0.25, -0.2) is 0 Å². The SMILES string of the molecule is CCCOc1ccc(C(=O)N2CCN(C(C)=O)CC2)cc1OCC. The zero-order chi connectivity index (χ0) is 17.5. The minimum Gasteiger partial charge on any atom is -0.490 e. The van der Waals surface area contributed by atoms with E-state index in [1.54, 1.807) is 34.9 Å². The maximum absolute atomic E-state index is 12.7. The van der Waals surface area contributed by atoms with E-state index in [-0.39, 0.29) is 11.8 Å². The Morgan fingerprint density at radius 1 is 1.00 bits per heavy atom. The van der Waals surface area contributed by atoms with Crippen LogP contribution in [0, 0.1) is 0 Å². The molecule has 1 aromatic carbocycles. The van der Waals surface area contributed by atoms with Crippen molar-refractivity contribution < 1.29 is 19.1 Å². The molecule has 1 aliphatic rings. The molecule has 0 radical (unpaired) electrons. The van der Waals surface area contributed by atoms with Crippen LogP contribution < -0.4 is 9.47 Å². The van der Waals surface area contributed by atoms with E-state index >= 15 is 0 Å². The van der Waals surface area contributed by atoms with Crippen LogP contribution in [-0.4, -0.2) is 61.0 Å². The Morgan fingerprint density at radius 3 is 2.25 bits per heavy atom. The summed E-state index contributed by atoms with van der Waals surface area (Å²) in [4.78, 5) is 27.6. The fourth-order valence-electron chi connectivity index (χ4n) is 2.65. The first-order valence-corrected chi connectivity index (χ1v) is 8.51. The summed E-state index contributed by atoms with van der Waals surface area (Å²) in [5.74, 6) is 1.27. The van der Waals surface area contributed by atoms with Crippen LogP contribution in [0.25, 0.3) is 0 Å². The Labute approximate surface area is 143 Å². The number of benzene rings is 1. The molecule has 1 fully saturated rings. The van der Waals surface area contributed by atoms with E-state index in [4.69, 9.17) is 9.47 Å². The van der Waals surface area contributed by atoms with Crippen molar-refractivity contribution in [1.29, 1.82) is 0 Å². The molecule has 0 aromatic heterocycles. The van der Waals surface area contributed by atoms with Gasteiger partial charge in [0.05, 0.1) is 13.2 Å². The average molecular weight is 334 g/mol. The second-order valence-electron chi connectivity index (χ2n) is 5.74. The number of carbonyl (C=O) groups is 2. The smallest absolute Gasteiger partial charge is 0.254 e. The van der Waals surface area contributed by atoms with Crippen molar-refractivity contribution >= 4 is 11.8 Å². The van der Waals surface area contributed by atoms with Crippen molar-refractivity contribution in [3.63, 3.8) is 0 Å². The van der Waals surface area contributed by atoms with E-state index in [9.17, 15) is 9.59 Å². The molecule has 0 spiro atoms. The first-order valence-electron chi connectivity index (χ1n) is 8.51. The van der Waals surface area contributed by atoms with Gasteiger partial charge in [0.15, 0.2) is 11.5 Å². The highest BCUT2D eigenvalue weighted by Crippen LogP contribution is 2.29. The number of piperazine rings is 1. The topological polar surface area (TPSA) is 59.1 Å². The fourth-order valence-corrected chi connectivity index (χ4v) is 2.65. The van der Waals surface area contributed by atoms with Gasteiger partial charge in [0.2, 0.25) is 5.91 Å². The second kappa shape index (κ2) is 8.57. The number of ether oxygens (including phenoxy) is 2. The van der Waals surface area contributed by atoms with Crippen LogP contribution in [0.3, 0.4) is 0 Å². The van der Waals surface area contributed by atoms with Crippen LogP contribution in [0.15, 0.2) is 18.2 Å². The largest absolute Gasteiger partial charge is 0.490 e. The van der Waals surface area contributed by atoms with Crippen LogP contribution in [0.2, 0.25) is 0 Å². The highest BCUT2D eigenvalue weighted by atomic mass is 16.5. The molecule has 0 saturated carbocycles. The van der Waals surface area contributed by atoms with Gasteiger partial charge in [0.1, 0.15) is 0 Å². The highest BCUT2D eigenvalue weighted by molar-refractivity contribution is 5.95. The molecule has 0 N–H and O–H groups in total. The summed E-state index contributed by atoms with van der Waals surface area (Å²) < 4.78 is 11.3. The van der Waals surface area contributed by atoms with Crippen molar-refractivity contribution in [2.45, 2.75) is 27.2 Å². The number of carbonyl (C=O) groups excluding carboxylic acids is 2. The van der Waals surface area contributed by atoms with Crippen molar-refractivity contribution in [2.24, 2.45) is 0 Å². The number of hydrogen-bond acceptors (Lipinski definition) is 4. The molecule has 2 amide bonds. The van der Waals surface area contributed by atoms with E-state index in [2.05, 4.69) is 0 Å². The van der Waals surface area contributed by atoms with Gasteiger partial charge in [0, 0.05) is 38.7 Å². The third-order valence-corrected chi connectivity index (χ3v) is 3.96. The van der Waals surface area contributed by atoms with Crippen molar-refractivity contribution in [3.8, 4) is 11.5 Å². The number of amides is 2. The summed E-state index contributed by atoms with van der Waals surface area (Å²) in [6.45, 7) is 8.89. The Morgan fingerprint density at radius 2 is 1.67 bits per heavy atom. The lowest BCUT2D eigenvalue weighted by Gasteiger charge is -2.34. The molecule has 132 valence electrons. The van der Waals surface area contributed by atoms with E-state index in [1.807, 2.05) is 13.8 Å². The fraction of sp³-hybridized carbons (Fsp3) is 0.556. The summed E-state index contributed by atoms with van der Waals surface area (Å²) in [7, 11) is 0. The number of nitrogens with zero attached hydrogens (tertiary/aromatic N) is 2. The van der Waals surface area contributed by atoms with Crippen LogP contribution >= 0.6 is 0 Å². The molecule has 6 nitrogen and oxygen atoms in total. The van der Waals surface area contributed by atoms with Gasteiger partial charge in [0.25, 0.3) is 5.91 Å². The normalized spacial score (nSPS) is 14.5. The first-order chi connectivity index (χ1) is 11.6. The number of hydrogen-bond donors (Lipinski definition) is 0. The maximum Gasteiger partial charge on any atom is 0.254 e. The Balaban J connectivity index is 2.09. The van der Waals surface area contributed by atoms with Crippen LogP contribution in [-0.2, 0) is 4.79 Å². The van der Waals surface area contributed by atoms with Crippen molar-refractivity contribution in [1.82, 2.24) is 9.80 Å². The molecule has 1 aromatic rings. The summed E-state index contributed by atoms with van der Waals surface area (Å²) in [6.07, 6.45) is 0.909. The summed E-state index contributed by atoms with van der Waals surface area (Å²) >= 11 is 0. The minimum absolute atomic E-state index is 0.0406. The second-order valence-corrected chi connectivity index (χ2v) is 5.74. The molecule has 0 atom stereocenters. The van der Waals surface area contributed by atoms with Crippen LogP contribution in [0.1, 0.15) is 37.6 Å². The van der Waals surface area contributed by atoms with Gasteiger partial charge in [-0.05, 0) is 31.5 Å². The summed E-state index contributed by atoms with van der Waals surface area (Å²) in [5.41, 5.74) is 0.582. The summed E-state index contributed by atoms with van der Waals surface area (Å²) in [6, 6.07) is 5.31. The van der Waals surface area contributed by atoms with E-state index < -0.39 is 0 Å². The molecule has 0 unspecified atom stereocenters. The first kappa shape index (κ1) is 18.1.